The molecule has 0 saturated carbocycles. The maximum atomic E-state index is 12.9. The van der Waals surface area contributed by atoms with Crippen molar-refractivity contribution in [3.05, 3.63) is 29.6 Å². The van der Waals surface area contributed by atoms with E-state index in [4.69, 9.17) is 4.52 Å². The number of aryl methyl sites for hydroxylation is 1. The fourth-order valence-corrected chi connectivity index (χ4v) is 4.61. The van der Waals surface area contributed by atoms with Gasteiger partial charge in [0.15, 0.2) is 5.82 Å². The number of hydrogen-bond donors (Lipinski definition) is 1. The van der Waals surface area contributed by atoms with E-state index in [0.29, 0.717) is 36.8 Å². The number of hydrogen-bond acceptors (Lipinski definition) is 6. The quantitative estimate of drug-likeness (QED) is 0.830. The van der Waals surface area contributed by atoms with Crippen molar-refractivity contribution in [3.63, 3.8) is 0 Å². The molecule has 7 nitrogen and oxygen atoms in total. The predicted octanol–water partition coefficient (Wildman–Crippen LogP) is 2.37. The third kappa shape index (κ3) is 3.97. The van der Waals surface area contributed by atoms with Crippen molar-refractivity contribution < 1.29 is 12.9 Å². The van der Waals surface area contributed by atoms with Crippen LogP contribution in [0.2, 0.25) is 0 Å². The number of likely N-dealkylation sites (N-methyl/N-ethyl adjacent to an activating group) is 1. The molecule has 26 heavy (non-hydrogen) atoms. The molecule has 1 atom stereocenters. The van der Waals surface area contributed by atoms with Crippen molar-refractivity contribution in [2.45, 2.75) is 50.5 Å². The maximum Gasteiger partial charge on any atom is 0.258 e. The Labute approximate surface area is 154 Å². The van der Waals surface area contributed by atoms with Crippen LogP contribution >= 0.6 is 0 Å². The van der Waals surface area contributed by atoms with Gasteiger partial charge in [0.25, 0.3) is 5.89 Å². The summed E-state index contributed by atoms with van der Waals surface area (Å²) in [5.41, 5.74) is 1.57. The van der Waals surface area contributed by atoms with E-state index in [1.807, 2.05) is 20.9 Å². The molecule has 1 fully saturated rings. The third-order valence-electron chi connectivity index (χ3n) is 4.84. The van der Waals surface area contributed by atoms with Gasteiger partial charge >= 0.3 is 0 Å². The Morgan fingerprint density at radius 1 is 1.27 bits per heavy atom. The van der Waals surface area contributed by atoms with Crippen molar-refractivity contribution >= 4 is 10.0 Å². The normalized spacial score (nSPS) is 17.3. The zero-order valence-corrected chi connectivity index (χ0v) is 16.3. The van der Waals surface area contributed by atoms with Gasteiger partial charge in [-0.3, -0.25) is 0 Å². The molecule has 0 amide bonds. The second kappa shape index (κ2) is 7.85. The molecule has 142 valence electrons. The molecule has 0 aliphatic carbocycles. The molecule has 1 aliphatic rings. The summed E-state index contributed by atoms with van der Waals surface area (Å²) < 4.78 is 32.8. The topological polar surface area (TPSA) is 88.3 Å². The summed E-state index contributed by atoms with van der Waals surface area (Å²) in [6, 6.07) is 5.33. The maximum absolute atomic E-state index is 12.9. The first-order valence-corrected chi connectivity index (χ1v) is 10.5. The zero-order valence-electron chi connectivity index (χ0n) is 15.5. The molecule has 3 rings (SSSR count). The van der Waals surface area contributed by atoms with Gasteiger partial charge in [-0.05, 0) is 51.4 Å². The van der Waals surface area contributed by atoms with Crippen molar-refractivity contribution in [2.24, 2.45) is 0 Å². The van der Waals surface area contributed by atoms with Gasteiger partial charge in [0, 0.05) is 31.1 Å². The fraction of sp³-hybridized carbons (Fsp3) is 0.556. The van der Waals surface area contributed by atoms with E-state index in [1.54, 1.807) is 22.5 Å². The summed E-state index contributed by atoms with van der Waals surface area (Å²) in [4.78, 5) is 4.72. The molecule has 1 unspecified atom stereocenters. The zero-order chi connectivity index (χ0) is 18.7. The molecule has 0 spiro atoms. The molecule has 0 bridgehead atoms. The summed E-state index contributed by atoms with van der Waals surface area (Å²) in [5.74, 6) is 0.960. The minimum absolute atomic E-state index is 0.229. The standard InChI is InChI=1S/C18H26N4O3S/c1-13-7-8-15(26(23,24)22-9-5-4-6-10-22)12-16(13)18-20-17(21-25-18)11-14(2)19-3/h7-8,12,14,19H,4-6,9-11H2,1-3H3. The van der Waals surface area contributed by atoms with Crippen LogP contribution in [0.1, 0.15) is 37.6 Å². The van der Waals surface area contributed by atoms with Gasteiger partial charge in [0.2, 0.25) is 10.0 Å². The summed E-state index contributed by atoms with van der Waals surface area (Å²) in [6.45, 7) is 5.11. The fourth-order valence-electron chi connectivity index (χ4n) is 3.07. The molecule has 1 saturated heterocycles. The molecule has 0 radical (unpaired) electrons. The van der Waals surface area contributed by atoms with Crippen LogP contribution in [0, 0.1) is 6.92 Å². The first-order valence-electron chi connectivity index (χ1n) is 9.03. The first kappa shape index (κ1) is 19.0. The number of piperidine rings is 1. The van der Waals surface area contributed by atoms with Gasteiger partial charge in [-0.1, -0.05) is 17.6 Å². The van der Waals surface area contributed by atoms with E-state index in [2.05, 4.69) is 15.5 Å². The van der Waals surface area contributed by atoms with Crippen molar-refractivity contribution in [3.8, 4) is 11.5 Å². The Morgan fingerprint density at radius 2 is 2.00 bits per heavy atom. The van der Waals surface area contributed by atoms with E-state index in [-0.39, 0.29) is 10.9 Å². The van der Waals surface area contributed by atoms with Crippen LogP contribution in [0.3, 0.4) is 0 Å². The number of nitrogens with zero attached hydrogens (tertiary/aromatic N) is 3. The lowest BCUT2D eigenvalue weighted by molar-refractivity contribution is 0.346. The van der Waals surface area contributed by atoms with Crippen molar-refractivity contribution in [1.29, 1.82) is 0 Å². The second-order valence-corrected chi connectivity index (χ2v) is 8.79. The minimum atomic E-state index is -3.49. The number of benzene rings is 1. The van der Waals surface area contributed by atoms with Gasteiger partial charge in [-0.25, -0.2) is 8.42 Å². The number of aromatic nitrogens is 2. The molecular weight excluding hydrogens is 352 g/mol. The largest absolute Gasteiger partial charge is 0.334 e. The van der Waals surface area contributed by atoms with Crippen LogP contribution in [0.25, 0.3) is 11.5 Å². The Kier molecular flexibility index (Phi) is 5.74. The molecule has 1 aromatic heterocycles. The predicted molar refractivity (Wildman–Crippen MR) is 99.3 cm³/mol. The number of nitrogens with one attached hydrogen (secondary N) is 1. The van der Waals surface area contributed by atoms with Gasteiger partial charge in [-0.2, -0.15) is 9.29 Å². The van der Waals surface area contributed by atoms with E-state index >= 15 is 0 Å². The summed E-state index contributed by atoms with van der Waals surface area (Å²) in [7, 11) is -1.61. The third-order valence-corrected chi connectivity index (χ3v) is 6.74. The Morgan fingerprint density at radius 3 is 2.69 bits per heavy atom. The monoisotopic (exact) mass is 378 g/mol. The lowest BCUT2D eigenvalue weighted by Crippen LogP contribution is -2.35. The summed E-state index contributed by atoms with van der Waals surface area (Å²) >= 11 is 0. The van der Waals surface area contributed by atoms with Crippen molar-refractivity contribution in [2.75, 3.05) is 20.1 Å². The van der Waals surface area contributed by atoms with Crippen molar-refractivity contribution in [1.82, 2.24) is 19.8 Å². The highest BCUT2D eigenvalue weighted by molar-refractivity contribution is 7.89. The first-order chi connectivity index (χ1) is 12.4. The summed E-state index contributed by atoms with van der Waals surface area (Å²) in [5, 5.41) is 7.15. The minimum Gasteiger partial charge on any atom is -0.334 e. The van der Waals surface area contributed by atoms with Gasteiger partial charge < -0.3 is 9.84 Å². The average molecular weight is 378 g/mol. The molecule has 1 aliphatic heterocycles. The Balaban J connectivity index is 1.91. The molecule has 1 aromatic carbocycles. The highest BCUT2D eigenvalue weighted by atomic mass is 32.2. The van der Waals surface area contributed by atoms with E-state index in [1.165, 1.54) is 0 Å². The smallest absolute Gasteiger partial charge is 0.258 e. The Bertz CT molecular complexity index is 857. The van der Waals surface area contributed by atoms with Crippen LogP contribution in [0.5, 0.6) is 0 Å². The SMILES string of the molecule is CNC(C)Cc1noc(-c2cc(S(=O)(=O)N3CCCCC3)ccc2C)n1. The summed E-state index contributed by atoms with van der Waals surface area (Å²) in [6.07, 6.45) is 3.55. The van der Waals surface area contributed by atoms with E-state index in [0.717, 1.165) is 24.8 Å². The highest BCUT2D eigenvalue weighted by Crippen LogP contribution is 2.28. The van der Waals surface area contributed by atoms with Gasteiger partial charge in [-0.15, -0.1) is 0 Å². The molecule has 2 aromatic rings. The van der Waals surface area contributed by atoms with E-state index in [9.17, 15) is 8.42 Å². The van der Waals surface area contributed by atoms with Gasteiger partial charge in [0.1, 0.15) is 0 Å². The second-order valence-electron chi connectivity index (χ2n) is 6.85. The van der Waals surface area contributed by atoms with Crippen LogP contribution in [0.15, 0.2) is 27.6 Å². The highest BCUT2D eigenvalue weighted by Gasteiger charge is 2.27. The van der Waals surface area contributed by atoms with Crippen LogP contribution in [-0.4, -0.2) is 49.0 Å². The molecule has 8 heteroatoms. The number of sulfonamides is 1. The molecule has 2 heterocycles. The van der Waals surface area contributed by atoms with Crippen LogP contribution in [0.4, 0.5) is 0 Å². The Hall–Kier alpha value is -1.77. The molecular formula is C18H26N4O3S. The van der Waals surface area contributed by atoms with Gasteiger partial charge in [0.05, 0.1) is 4.90 Å². The number of rotatable bonds is 6. The average Bonchev–Trinajstić information content (AvgIpc) is 3.10. The van der Waals surface area contributed by atoms with E-state index < -0.39 is 10.0 Å². The lowest BCUT2D eigenvalue weighted by Gasteiger charge is -2.26. The molecule has 1 N–H and O–H groups in total. The van der Waals surface area contributed by atoms with Crippen LogP contribution in [-0.2, 0) is 16.4 Å². The lowest BCUT2D eigenvalue weighted by atomic mass is 10.1. The van der Waals surface area contributed by atoms with Crippen LogP contribution < -0.4 is 5.32 Å².